The number of aliphatic hydroxyl groups excluding tert-OH is 1. The van der Waals surface area contributed by atoms with E-state index in [0.717, 1.165) is 15.6 Å². The fraction of sp³-hybridized carbons (Fsp3) is 0.250. The molecule has 2 aromatic rings. The number of hydrogen-bond donors (Lipinski definition) is 1. The highest BCUT2D eigenvalue weighted by atomic mass is 79.9. The number of rotatable bonds is 3. The van der Waals surface area contributed by atoms with E-state index in [1.807, 2.05) is 26.0 Å². The fourth-order valence-corrected chi connectivity index (χ4v) is 2.33. The van der Waals surface area contributed by atoms with E-state index in [9.17, 15) is 9.50 Å². The van der Waals surface area contributed by atoms with E-state index >= 15 is 0 Å². The minimum absolute atomic E-state index is 0.172. The third-order valence-corrected chi connectivity index (χ3v) is 4.32. The van der Waals surface area contributed by atoms with Gasteiger partial charge in [0.25, 0.3) is 0 Å². The van der Waals surface area contributed by atoms with Crippen molar-refractivity contribution >= 4 is 15.9 Å². The molecule has 2 aromatic carbocycles. The van der Waals surface area contributed by atoms with E-state index < -0.39 is 11.9 Å². The molecule has 0 spiro atoms. The number of hydrogen-bond acceptors (Lipinski definition) is 2. The Morgan fingerprint density at radius 3 is 2.35 bits per heavy atom. The number of benzene rings is 2. The Hall–Kier alpha value is -1.39. The van der Waals surface area contributed by atoms with Gasteiger partial charge in [-0.05, 0) is 56.2 Å². The van der Waals surface area contributed by atoms with Gasteiger partial charge in [-0.3, -0.25) is 0 Å². The fourth-order valence-electron chi connectivity index (χ4n) is 2.10. The van der Waals surface area contributed by atoms with Crippen LogP contribution in [0.3, 0.4) is 0 Å². The number of aliphatic hydroxyl groups is 1. The highest BCUT2D eigenvalue weighted by Crippen LogP contribution is 2.34. The average molecular weight is 339 g/mol. The quantitative estimate of drug-likeness (QED) is 0.848. The topological polar surface area (TPSA) is 29.5 Å². The first-order chi connectivity index (χ1) is 9.40. The molecular weight excluding hydrogens is 323 g/mol. The summed E-state index contributed by atoms with van der Waals surface area (Å²) >= 11 is 3.49. The molecule has 0 aliphatic heterocycles. The van der Waals surface area contributed by atoms with E-state index in [-0.39, 0.29) is 5.56 Å². The van der Waals surface area contributed by atoms with Crippen LogP contribution >= 0.6 is 15.9 Å². The van der Waals surface area contributed by atoms with Crippen LogP contribution in [-0.4, -0.2) is 5.11 Å². The van der Waals surface area contributed by atoms with Crippen LogP contribution in [0.4, 0.5) is 4.39 Å². The van der Waals surface area contributed by atoms with Crippen molar-refractivity contribution in [2.24, 2.45) is 0 Å². The van der Waals surface area contributed by atoms with Gasteiger partial charge in [0.05, 0.1) is 11.7 Å². The maximum absolute atomic E-state index is 13.8. The van der Waals surface area contributed by atoms with Crippen molar-refractivity contribution in [2.45, 2.75) is 26.9 Å². The molecule has 0 heterocycles. The average Bonchev–Trinajstić information content (AvgIpc) is 2.35. The van der Waals surface area contributed by atoms with Gasteiger partial charge in [-0.15, -0.1) is 0 Å². The minimum Gasteiger partial charge on any atom is -0.457 e. The van der Waals surface area contributed by atoms with Crippen LogP contribution in [0, 0.1) is 19.7 Å². The number of aryl methyl sites for hydroxylation is 2. The van der Waals surface area contributed by atoms with Crippen molar-refractivity contribution in [2.75, 3.05) is 0 Å². The van der Waals surface area contributed by atoms with Gasteiger partial charge in [-0.25, -0.2) is 4.39 Å². The molecule has 0 saturated carbocycles. The van der Waals surface area contributed by atoms with E-state index in [4.69, 9.17) is 4.74 Å². The summed E-state index contributed by atoms with van der Waals surface area (Å²) in [4.78, 5) is 0. The summed E-state index contributed by atoms with van der Waals surface area (Å²) in [6.07, 6.45) is -0.927. The maximum atomic E-state index is 13.8. The first-order valence-corrected chi connectivity index (χ1v) is 7.10. The Morgan fingerprint density at radius 1 is 1.20 bits per heavy atom. The molecule has 2 rings (SSSR count). The van der Waals surface area contributed by atoms with Crippen LogP contribution in [0.2, 0.25) is 0 Å². The lowest BCUT2D eigenvalue weighted by Gasteiger charge is -2.15. The molecule has 0 aliphatic carbocycles. The Labute approximate surface area is 126 Å². The Morgan fingerprint density at radius 2 is 1.80 bits per heavy atom. The zero-order chi connectivity index (χ0) is 14.9. The van der Waals surface area contributed by atoms with Crippen molar-refractivity contribution in [3.05, 3.63) is 57.3 Å². The molecule has 0 saturated heterocycles. The molecule has 1 N–H and O–H groups in total. The van der Waals surface area contributed by atoms with Crippen molar-refractivity contribution in [1.29, 1.82) is 0 Å². The van der Waals surface area contributed by atoms with E-state index in [1.54, 1.807) is 12.1 Å². The molecule has 0 aliphatic rings. The molecule has 2 nitrogen and oxygen atoms in total. The number of ether oxygens (including phenoxy) is 1. The van der Waals surface area contributed by atoms with Crippen LogP contribution in [0.1, 0.15) is 29.7 Å². The highest BCUT2D eigenvalue weighted by molar-refractivity contribution is 9.10. The second-order valence-electron chi connectivity index (χ2n) is 4.80. The zero-order valence-corrected chi connectivity index (χ0v) is 13.2. The molecular formula is C16H16BrFO2. The molecule has 20 heavy (non-hydrogen) atoms. The van der Waals surface area contributed by atoms with Crippen LogP contribution < -0.4 is 4.74 Å². The zero-order valence-electron chi connectivity index (χ0n) is 11.6. The molecule has 0 fully saturated rings. The molecule has 1 atom stereocenters. The summed E-state index contributed by atoms with van der Waals surface area (Å²) in [6.45, 7) is 5.44. The van der Waals surface area contributed by atoms with Gasteiger partial charge in [0.15, 0.2) is 0 Å². The van der Waals surface area contributed by atoms with Gasteiger partial charge in [-0.1, -0.05) is 22.0 Å². The first kappa shape index (κ1) is 15.0. The highest BCUT2D eigenvalue weighted by Gasteiger charge is 2.15. The van der Waals surface area contributed by atoms with Gasteiger partial charge in [-0.2, -0.15) is 0 Å². The molecule has 0 bridgehead atoms. The van der Waals surface area contributed by atoms with Crippen LogP contribution in [0.15, 0.2) is 34.8 Å². The lowest BCUT2D eigenvalue weighted by Crippen LogP contribution is -2.00. The summed E-state index contributed by atoms with van der Waals surface area (Å²) in [7, 11) is 0. The lowest BCUT2D eigenvalue weighted by molar-refractivity contribution is 0.190. The smallest absolute Gasteiger partial charge is 0.136 e. The molecule has 4 heteroatoms. The summed E-state index contributed by atoms with van der Waals surface area (Å²) in [5.74, 6) is 0.486. The standard InChI is InChI=1S/C16H16BrFO2/c1-9-7-12(8-10(2)16(9)17)20-14-6-4-5-13(18)15(14)11(3)19/h4-8,11,19H,1-3H3/t11-/m0/s1. The Kier molecular flexibility index (Phi) is 4.45. The lowest BCUT2D eigenvalue weighted by atomic mass is 10.1. The summed E-state index contributed by atoms with van der Waals surface area (Å²) in [5, 5.41) is 9.69. The molecule has 106 valence electrons. The van der Waals surface area contributed by atoms with Crippen LogP contribution in [0.25, 0.3) is 0 Å². The third-order valence-electron chi connectivity index (χ3n) is 3.07. The van der Waals surface area contributed by atoms with E-state index in [1.165, 1.54) is 13.0 Å². The molecule has 0 aromatic heterocycles. The predicted molar refractivity (Wildman–Crippen MR) is 80.7 cm³/mol. The third kappa shape index (κ3) is 3.02. The molecule has 0 radical (unpaired) electrons. The largest absolute Gasteiger partial charge is 0.457 e. The SMILES string of the molecule is Cc1cc(Oc2cccc(F)c2[C@H](C)O)cc(C)c1Br. The Bertz CT molecular complexity index is 615. The number of halogens is 2. The van der Waals surface area contributed by atoms with Crippen molar-refractivity contribution in [3.8, 4) is 11.5 Å². The van der Waals surface area contributed by atoms with E-state index in [2.05, 4.69) is 15.9 Å². The summed E-state index contributed by atoms with van der Waals surface area (Å²) < 4.78 is 20.6. The van der Waals surface area contributed by atoms with Crippen molar-refractivity contribution in [3.63, 3.8) is 0 Å². The second kappa shape index (κ2) is 5.94. The Balaban J connectivity index is 2.43. The van der Waals surface area contributed by atoms with Gasteiger partial charge < -0.3 is 9.84 Å². The molecule has 0 amide bonds. The molecule has 0 unspecified atom stereocenters. The van der Waals surface area contributed by atoms with Crippen LogP contribution in [0.5, 0.6) is 11.5 Å². The van der Waals surface area contributed by atoms with Crippen molar-refractivity contribution in [1.82, 2.24) is 0 Å². The van der Waals surface area contributed by atoms with E-state index in [0.29, 0.717) is 11.5 Å². The van der Waals surface area contributed by atoms with Gasteiger partial charge in [0.1, 0.15) is 17.3 Å². The van der Waals surface area contributed by atoms with Gasteiger partial charge in [0, 0.05) is 4.47 Å². The van der Waals surface area contributed by atoms with Gasteiger partial charge >= 0.3 is 0 Å². The van der Waals surface area contributed by atoms with Crippen molar-refractivity contribution < 1.29 is 14.2 Å². The monoisotopic (exact) mass is 338 g/mol. The van der Waals surface area contributed by atoms with Gasteiger partial charge in [0.2, 0.25) is 0 Å². The predicted octanol–water partition coefficient (Wildman–Crippen LogP) is 5.05. The normalized spacial score (nSPS) is 12.3. The van der Waals surface area contributed by atoms with Crippen LogP contribution in [-0.2, 0) is 0 Å². The second-order valence-corrected chi connectivity index (χ2v) is 5.59. The minimum atomic E-state index is -0.927. The summed E-state index contributed by atoms with van der Waals surface area (Å²) in [6, 6.07) is 8.27. The first-order valence-electron chi connectivity index (χ1n) is 6.31. The maximum Gasteiger partial charge on any atom is 0.136 e. The summed E-state index contributed by atoms with van der Waals surface area (Å²) in [5.41, 5.74) is 2.25.